The third-order valence-corrected chi connectivity index (χ3v) is 4.81. The van der Waals surface area contributed by atoms with Crippen molar-refractivity contribution in [2.45, 2.75) is 37.9 Å². The summed E-state index contributed by atoms with van der Waals surface area (Å²) < 4.78 is 40.0. The molecule has 0 bridgehead atoms. The van der Waals surface area contributed by atoms with E-state index in [0.29, 0.717) is 24.1 Å². The molecule has 0 aromatic carbocycles. The molecule has 26 heavy (non-hydrogen) atoms. The largest absolute Gasteiger partial charge is 0.465 e. The first kappa shape index (κ1) is 18.2. The minimum absolute atomic E-state index is 0.0594. The Balaban J connectivity index is 2.02. The molecule has 8 nitrogen and oxygen atoms in total. The van der Waals surface area contributed by atoms with Crippen molar-refractivity contribution in [3.63, 3.8) is 0 Å². The molecule has 2 unspecified atom stereocenters. The van der Waals surface area contributed by atoms with Gasteiger partial charge in [-0.1, -0.05) is 0 Å². The molecule has 0 radical (unpaired) electrons. The Kier molecular flexibility index (Phi) is 4.63. The van der Waals surface area contributed by atoms with Crippen molar-refractivity contribution < 1.29 is 28.0 Å². The average molecular weight is 374 g/mol. The van der Waals surface area contributed by atoms with E-state index in [2.05, 4.69) is 10.3 Å². The average Bonchev–Trinajstić information content (AvgIpc) is 3.00. The van der Waals surface area contributed by atoms with Crippen molar-refractivity contribution in [2.24, 2.45) is 5.92 Å². The molecule has 1 aliphatic carbocycles. The first-order valence-corrected chi connectivity index (χ1v) is 8.13. The number of aryl methyl sites for hydroxylation is 1. The van der Waals surface area contributed by atoms with Crippen LogP contribution < -0.4 is 10.2 Å². The van der Waals surface area contributed by atoms with Crippen LogP contribution in [0.4, 0.5) is 29.3 Å². The summed E-state index contributed by atoms with van der Waals surface area (Å²) in [5.41, 5.74) is 1.05. The Morgan fingerprint density at radius 1 is 1.38 bits per heavy atom. The van der Waals surface area contributed by atoms with Gasteiger partial charge >= 0.3 is 18.0 Å². The predicted molar refractivity (Wildman–Crippen MR) is 84.2 cm³/mol. The molecule has 142 valence electrons. The van der Waals surface area contributed by atoms with Crippen molar-refractivity contribution in [1.29, 1.82) is 0 Å². The summed E-state index contributed by atoms with van der Waals surface area (Å²) in [6.07, 6.45) is -3.42. The molecule has 1 fully saturated rings. The lowest BCUT2D eigenvalue weighted by Gasteiger charge is -2.39. The number of halogens is 3. The predicted octanol–water partition coefficient (Wildman–Crippen LogP) is 2.50. The smallest absolute Gasteiger partial charge is 0.404 e. The Hall–Kier alpha value is -2.59. The van der Waals surface area contributed by atoms with Crippen LogP contribution in [0.15, 0.2) is 6.20 Å². The molecule has 3 rings (SSSR count). The van der Waals surface area contributed by atoms with Gasteiger partial charge in [-0.3, -0.25) is 15.1 Å². The summed E-state index contributed by atoms with van der Waals surface area (Å²) in [5.74, 6) is -1.78. The van der Waals surface area contributed by atoms with E-state index in [1.807, 2.05) is 0 Å². The number of piperidine rings is 1. The molecule has 1 saturated heterocycles. The van der Waals surface area contributed by atoms with Crippen LogP contribution in [0.25, 0.3) is 0 Å². The molecule has 2 atom stereocenters. The van der Waals surface area contributed by atoms with Gasteiger partial charge < -0.3 is 15.3 Å². The van der Waals surface area contributed by atoms with Crippen molar-refractivity contribution in [2.75, 3.05) is 18.0 Å². The number of hydrogen-bond donors (Lipinski definition) is 2. The van der Waals surface area contributed by atoms with Crippen molar-refractivity contribution in [1.82, 2.24) is 10.3 Å². The third kappa shape index (κ3) is 3.51. The van der Waals surface area contributed by atoms with Crippen molar-refractivity contribution >= 4 is 17.5 Å². The zero-order valence-corrected chi connectivity index (χ0v) is 13.6. The van der Waals surface area contributed by atoms with Crippen molar-refractivity contribution in [3.05, 3.63) is 27.6 Å². The molecule has 2 N–H and O–H groups in total. The number of anilines is 1. The molecule has 1 aliphatic heterocycles. The van der Waals surface area contributed by atoms with E-state index in [-0.39, 0.29) is 17.9 Å². The maximum Gasteiger partial charge on any atom is 0.404 e. The zero-order valence-electron chi connectivity index (χ0n) is 13.6. The Labute approximate surface area is 146 Å². The number of rotatable bonds is 3. The van der Waals surface area contributed by atoms with Gasteiger partial charge in [0.05, 0.1) is 16.9 Å². The number of carbonyl (C=O) groups is 1. The van der Waals surface area contributed by atoms with Crippen LogP contribution in [0.1, 0.15) is 24.1 Å². The van der Waals surface area contributed by atoms with Crippen LogP contribution >= 0.6 is 0 Å². The molecule has 2 heterocycles. The van der Waals surface area contributed by atoms with Gasteiger partial charge in [-0.05, 0) is 25.7 Å². The van der Waals surface area contributed by atoms with E-state index in [4.69, 9.17) is 5.11 Å². The first-order chi connectivity index (χ1) is 12.2. The monoisotopic (exact) mass is 374 g/mol. The number of nitrogens with one attached hydrogen (secondary N) is 1. The van der Waals surface area contributed by atoms with Gasteiger partial charge in [0.2, 0.25) is 0 Å². The normalized spacial score (nSPS) is 22.8. The summed E-state index contributed by atoms with van der Waals surface area (Å²) in [4.78, 5) is 27.0. The molecular weight excluding hydrogens is 357 g/mol. The second kappa shape index (κ2) is 6.61. The lowest BCUT2D eigenvalue weighted by molar-refractivity contribution is -0.384. The maximum absolute atomic E-state index is 13.3. The molecule has 11 heteroatoms. The molecule has 1 aromatic rings. The maximum atomic E-state index is 13.3. The SMILES string of the molecule is O=C(O)NC1CC(C(F)(F)F)CN(c2c([N+](=O)[O-])cnc3c2CCC3)C1. The highest BCUT2D eigenvalue weighted by molar-refractivity contribution is 5.70. The Bertz CT molecular complexity index is 740. The fraction of sp³-hybridized carbons (Fsp3) is 0.600. The highest BCUT2D eigenvalue weighted by atomic mass is 19.4. The highest BCUT2D eigenvalue weighted by Crippen LogP contribution is 2.41. The second-order valence-electron chi connectivity index (χ2n) is 6.55. The zero-order chi connectivity index (χ0) is 19.1. The molecule has 1 amide bonds. The number of fused-ring (bicyclic) bond motifs is 1. The standard InChI is InChI=1S/C15H17F3N4O4/c16-15(17,18)8-4-9(20-14(23)24)7-21(6-8)13-10-2-1-3-11(10)19-5-12(13)22(25)26/h5,8-9,20H,1-4,6-7H2,(H,23,24). The van der Waals surface area contributed by atoms with Crippen LogP contribution in [-0.4, -0.2) is 46.4 Å². The quantitative estimate of drug-likeness (QED) is 0.622. The van der Waals surface area contributed by atoms with Gasteiger partial charge in [-0.2, -0.15) is 13.2 Å². The van der Waals surface area contributed by atoms with E-state index < -0.39 is 42.1 Å². The second-order valence-corrected chi connectivity index (χ2v) is 6.55. The number of carboxylic acid groups (broad SMARTS) is 1. The number of alkyl halides is 3. The van der Waals surface area contributed by atoms with Crippen LogP contribution in [0.5, 0.6) is 0 Å². The fourth-order valence-corrected chi connectivity index (χ4v) is 3.76. The topological polar surface area (TPSA) is 109 Å². The van der Waals surface area contributed by atoms with E-state index in [0.717, 1.165) is 12.6 Å². The third-order valence-electron chi connectivity index (χ3n) is 4.81. The Morgan fingerprint density at radius 2 is 2.12 bits per heavy atom. The summed E-state index contributed by atoms with van der Waals surface area (Å²) >= 11 is 0. The van der Waals surface area contributed by atoms with Crippen LogP contribution in [0.3, 0.4) is 0 Å². The number of nitrogens with zero attached hydrogens (tertiary/aromatic N) is 3. The van der Waals surface area contributed by atoms with E-state index in [1.54, 1.807) is 0 Å². The minimum Gasteiger partial charge on any atom is -0.465 e. The Morgan fingerprint density at radius 3 is 2.73 bits per heavy atom. The van der Waals surface area contributed by atoms with Gasteiger partial charge in [-0.25, -0.2) is 4.79 Å². The number of nitro groups is 1. The molecule has 0 spiro atoms. The fourth-order valence-electron chi connectivity index (χ4n) is 3.76. The van der Waals surface area contributed by atoms with Gasteiger partial charge in [0.1, 0.15) is 11.9 Å². The summed E-state index contributed by atoms with van der Waals surface area (Å²) in [5, 5.41) is 22.4. The number of amides is 1. The number of pyridine rings is 1. The van der Waals surface area contributed by atoms with Gasteiger partial charge in [0, 0.05) is 24.3 Å². The van der Waals surface area contributed by atoms with Crippen LogP contribution in [0, 0.1) is 16.0 Å². The van der Waals surface area contributed by atoms with E-state index in [9.17, 15) is 28.1 Å². The van der Waals surface area contributed by atoms with Gasteiger partial charge in [0.25, 0.3) is 0 Å². The number of aromatic nitrogens is 1. The first-order valence-electron chi connectivity index (χ1n) is 8.13. The molecule has 2 aliphatic rings. The highest BCUT2D eigenvalue weighted by Gasteiger charge is 2.46. The lowest BCUT2D eigenvalue weighted by Crippen LogP contribution is -2.54. The molecular formula is C15H17F3N4O4. The van der Waals surface area contributed by atoms with E-state index >= 15 is 0 Å². The van der Waals surface area contributed by atoms with Crippen LogP contribution in [-0.2, 0) is 12.8 Å². The summed E-state index contributed by atoms with van der Waals surface area (Å²) in [6.45, 7) is -0.505. The summed E-state index contributed by atoms with van der Waals surface area (Å²) in [6, 6.07) is -0.974. The van der Waals surface area contributed by atoms with Crippen LogP contribution in [0.2, 0.25) is 0 Å². The van der Waals surface area contributed by atoms with E-state index in [1.165, 1.54) is 4.90 Å². The molecule has 0 saturated carbocycles. The number of hydrogen-bond acceptors (Lipinski definition) is 5. The van der Waals surface area contributed by atoms with Gasteiger partial charge in [0.15, 0.2) is 0 Å². The van der Waals surface area contributed by atoms with Gasteiger partial charge in [-0.15, -0.1) is 0 Å². The molecule has 1 aromatic heterocycles. The van der Waals surface area contributed by atoms with Crippen molar-refractivity contribution in [3.8, 4) is 0 Å². The minimum atomic E-state index is -4.53. The summed E-state index contributed by atoms with van der Waals surface area (Å²) in [7, 11) is 0. The lowest BCUT2D eigenvalue weighted by atomic mass is 9.92.